The number of nitrogens with zero attached hydrogens (tertiary/aromatic N) is 1. The first-order valence-electron chi connectivity index (χ1n) is 10.1. The van der Waals surface area contributed by atoms with E-state index in [1.165, 1.54) is 12.8 Å². The van der Waals surface area contributed by atoms with Crippen LogP contribution in [0.3, 0.4) is 0 Å². The van der Waals surface area contributed by atoms with Gasteiger partial charge in [0.2, 0.25) is 0 Å². The van der Waals surface area contributed by atoms with Crippen LogP contribution in [0.5, 0.6) is 11.5 Å². The zero-order chi connectivity index (χ0) is 19.3. The Hall–Kier alpha value is -1.22. The minimum Gasteiger partial charge on any atom is -0.493 e. The normalized spacial score (nSPS) is 14.5. The molecule has 1 fully saturated rings. The fourth-order valence-electron chi connectivity index (χ4n) is 3.16. The summed E-state index contributed by atoms with van der Waals surface area (Å²) >= 11 is 0. The van der Waals surface area contributed by atoms with E-state index in [-0.39, 0.29) is 30.1 Å². The van der Waals surface area contributed by atoms with Crippen molar-refractivity contribution in [2.24, 2.45) is 4.99 Å². The molecule has 1 saturated carbocycles. The second-order valence-corrected chi connectivity index (χ2v) is 6.79. The van der Waals surface area contributed by atoms with E-state index in [2.05, 4.69) is 28.6 Å². The van der Waals surface area contributed by atoms with Gasteiger partial charge in [-0.1, -0.05) is 25.5 Å². The van der Waals surface area contributed by atoms with Gasteiger partial charge in [0, 0.05) is 32.3 Å². The van der Waals surface area contributed by atoms with Gasteiger partial charge in [-0.05, 0) is 38.2 Å². The molecular weight excluding hydrogens is 469 g/mol. The van der Waals surface area contributed by atoms with Gasteiger partial charge in [-0.15, -0.1) is 24.0 Å². The highest BCUT2D eigenvalue weighted by molar-refractivity contribution is 14.0. The van der Waals surface area contributed by atoms with Gasteiger partial charge < -0.3 is 24.8 Å². The minimum atomic E-state index is 0. The molecule has 0 atom stereocenters. The molecule has 0 spiro atoms. The van der Waals surface area contributed by atoms with Crippen LogP contribution in [0, 0.1) is 0 Å². The number of unbranched alkanes of at least 4 members (excludes halogenated alkanes) is 1. The molecule has 0 heterocycles. The Labute approximate surface area is 186 Å². The summed E-state index contributed by atoms with van der Waals surface area (Å²) in [5.74, 6) is 2.38. The SMILES string of the molecule is CCCCOCCNC(=NC)NCc1cccc(OC)c1OC1CCCC1.I. The number of halogens is 1. The lowest BCUT2D eigenvalue weighted by atomic mass is 10.1. The fourth-order valence-corrected chi connectivity index (χ4v) is 3.16. The summed E-state index contributed by atoms with van der Waals surface area (Å²) < 4.78 is 17.4. The first kappa shape index (κ1) is 24.8. The number of guanidine groups is 1. The summed E-state index contributed by atoms with van der Waals surface area (Å²) in [6, 6.07) is 6.02. The molecule has 1 aliphatic carbocycles. The summed E-state index contributed by atoms with van der Waals surface area (Å²) in [6.45, 7) is 5.00. The first-order chi connectivity index (χ1) is 13.3. The zero-order valence-corrected chi connectivity index (χ0v) is 19.8. The molecule has 1 aliphatic rings. The van der Waals surface area contributed by atoms with Gasteiger partial charge in [-0.3, -0.25) is 4.99 Å². The van der Waals surface area contributed by atoms with Crippen LogP contribution in [0.4, 0.5) is 0 Å². The number of para-hydroxylation sites is 1. The van der Waals surface area contributed by atoms with E-state index < -0.39 is 0 Å². The smallest absolute Gasteiger partial charge is 0.191 e. The van der Waals surface area contributed by atoms with Crippen molar-refractivity contribution >= 4 is 29.9 Å². The molecule has 2 rings (SSSR count). The predicted molar refractivity (Wildman–Crippen MR) is 125 cm³/mol. The highest BCUT2D eigenvalue weighted by Gasteiger charge is 2.20. The molecule has 0 radical (unpaired) electrons. The van der Waals surface area contributed by atoms with E-state index in [0.29, 0.717) is 13.2 Å². The second-order valence-electron chi connectivity index (χ2n) is 6.79. The van der Waals surface area contributed by atoms with Crippen LogP contribution < -0.4 is 20.1 Å². The number of methoxy groups -OCH3 is 1. The number of hydrogen-bond acceptors (Lipinski definition) is 4. The molecule has 0 aromatic heterocycles. The number of benzene rings is 1. The van der Waals surface area contributed by atoms with Crippen molar-refractivity contribution in [1.82, 2.24) is 10.6 Å². The summed E-state index contributed by atoms with van der Waals surface area (Å²) in [4.78, 5) is 4.28. The number of aliphatic imine (C=N–C) groups is 1. The Kier molecular flexibility index (Phi) is 13.1. The highest BCUT2D eigenvalue weighted by atomic mass is 127. The molecule has 0 unspecified atom stereocenters. The van der Waals surface area contributed by atoms with Gasteiger partial charge in [0.1, 0.15) is 0 Å². The van der Waals surface area contributed by atoms with Crippen LogP contribution in [-0.2, 0) is 11.3 Å². The van der Waals surface area contributed by atoms with E-state index in [0.717, 1.165) is 61.9 Å². The third kappa shape index (κ3) is 8.43. The second kappa shape index (κ2) is 14.7. The lowest BCUT2D eigenvalue weighted by Gasteiger charge is -2.20. The molecule has 1 aromatic carbocycles. The van der Waals surface area contributed by atoms with E-state index in [1.54, 1.807) is 14.2 Å². The molecule has 160 valence electrons. The van der Waals surface area contributed by atoms with Crippen molar-refractivity contribution in [3.8, 4) is 11.5 Å². The minimum absolute atomic E-state index is 0. The molecule has 0 bridgehead atoms. The van der Waals surface area contributed by atoms with Gasteiger partial charge in [0.25, 0.3) is 0 Å². The Balaban J connectivity index is 0.00000392. The lowest BCUT2D eigenvalue weighted by Crippen LogP contribution is -2.38. The van der Waals surface area contributed by atoms with E-state index in [9.17, 15) is 0 Å². The third-order valence-electron chi connectivity index (χ3n) is 4.72. The molecule has 0 saturated heterocycles. The van der Waals surface area contributed by atoms with Gasteiger partial charge in [-0.25, -0.2) is 0 Å². The molecule has 0 aliphatic heterocycles. The lowest BCUT2D eigenvalue weighted by molar-refractivity contribution is 0.136. The fraction of sp³-hybridized carbons (Fsp3) is 0.667. The third-order valence-corrected chi connectivity index (χ3v) is 4.72. The van der Waals surface area contributed by atoms with E-state index >= 15 is 0 Å². The van der Waals surface area contributed by atoms with Crippen LogP contribution in [0.15, 0.2) is 23.2 Å². The zero-order valence-electron chi connectivity index (χ0n) is 17.5. The Morgan fingerprint density at radius 3 is 2.64 bits per heavy atom. The predicted octanol–water partition coefficient (Wildman–Crippen LogP) is 4.12. The van der Waals surface area contributed by atoms with Crippen LogP contribution in [0.2, 0.25) is 0 Å². The highest BCUT2D eigenvalue weighted by Crippen LogP contribution is 2.34. The summed E-state index contributed by atoms with van der Waals surface area (Å²) in [5, 5.41) is 6.63. The molecular formula is C21H36IN3O3. The van der Waals surface area contributed by atoms with Gasteiger partial charge in [0.05, 0.1) is 19.8 Å². The summed E-state index contributed by atoms with van der Waals surface area (Å²) in [6.07, 6.45) is 7.26. The van der Waals surface area contributed by atoms with Crippen molar-refractivity contribution in [1.29, 1.82) is 0 Å². The molecule has 0 amide bonds. The molecule has 7 heteroatoms. The van der Waals surface area contributed by atoms with Gasteiger partial charge in [-0.2, -0.15) is 0 Å². The standard InChI is InChI=1S/C21H35N3O3.HI/c1-4-5-14-26-15-13-23-21(22-2)24-16-17-9-8-12-19(25-3)20(17)27-18-10-6-7-11-18;/h8-9,12,18H,4-7,10-11,13-16H2,1-3H3,(H2,22,23,24);1H. The first-order valence-corrected chi connectivity index (χ1v) is 10.1. The largest absolute Gasteiger partial charge is 0.493 e. The molecule has 2 N–H and O–H groups in total. The van der Waals surface area contributed by atoms with Crippen molar-refractivity contribution in [3.05, 3.63) is 23.8 Å². The average Bonchev–Trinajstić information content (AvgIpc) is 3.21. The van der Waals surface area contributed by atoms with Crippen molar-refractivity contribution in [3.63, 3.8) is 0 Å². The van der Waals surface area contributed by atoms with Crippen molar-refractivity contribution in [2.75, 3.05) is 33.9 Å². The average molecular weight is 505 g/mol. The number of ether oxygens (including phenoxy) is 3. The molecule has 1 aromatic rings. The Bertz CT molecular complexity index is 578. The number of nitrogens with one attached hydrogen (secondary N) is 2. The van der Waals surface area contributed by atoms with Crippen LogP contribution >= 0.6 is 24.0 Å². The van der Waals surface area contributed by atoms with Crippen LogP contribution in [0.25, 0.3) is 0 Å². The van der Waals surface area contributed by atoms with Crippen molar-refractivity contribution < 1.29 is 14.2 Å². The van der Waals surface area contributed by atoms with Crippen molar-refractivity contribution in [2.45, 2.75) is 58.1 Å². The number of rotatable bonds is 11. The summed E-state index contributed by atoms with van der Waals surface area (Å²) in [7, 11) is 3.46. The maximum Gasteiger partial charge on any atom is 0.191 e. The maximum absolute atomic E-state index is 6.29. The number of hydrogen-bond donors (Lipinski definition) is 2. The topological polar surface area (TPSA) is 64.1 Å². The van der Waals surface area contributed by atoms with E-state index in [1.807, 2.05) is 12.1 Å². The Morgan fingerprint density at radius 1 is 1.18 bits per heavy atom. The van der Waals surface area contributed by atoms with Gasteiger partial charge >= 0.3 is 0 Å². The molecule has 28 heavy (non-hydrogen) atoms. The molecule has 6 nitrogen and oxygen atoms in total. The van der Waals surface area contributed by atoms with Gasteiger partial charge in [0.15, 0.2) is 17.5 Å². The monoisotopic (exact) mass is 505 g/mol. The summed E-state index contributed by atoms with van der Waals surface area (Å²) in [5.41, 5.74) is 1.07. The van der Waals surface area contributed by atoms with Crippen LogP contribution in [-0.4, -0.2) is 46.0 Å². The quantitative estimate of drug-likeness (QED) is 0.205. The van der Waals surface area contributed by atoms with Crippen LogP contribution in [0.1, 0.15) is 51.0 Å². The van der Waals surface area contributed by atoms with E-state index in [4.69, 9.17) is 14.2 Å². The maximum atomic E-state index is 6.29. The Morgan fingerprint density at radius 2 is 1.96 bits per heavy atom.